The Bertz CT molecular complexity index is 2410. The zero-order valence-corrected chi connectivity index (χ0v) is 34.2. The maximum atomic E-state index is 13.3. The lowest BCUT2D eigenvalue weighted by Crippen LogP contribution is -2.54. The van der Waals surface area contributed by atoms with E-state index in [9.17, 15) is 24.0 Å². The maximum Gasteiger partial charge on any atom is 0.419 e. The highest BCUT2D eigenvalue weighted by molar-refractivity contribution is 6.23. The van der Waals surface area contributed by atoms with E-state index in [1.54, 1.807) is 35.3 Å². The molecule has 2 aliphatic rings. The molecule has 0 radical (unpaired) electrons. The van der Waals surface area contributed by atoms with Crippen LogP contribution in [0, 0.1) is 0 Å². The molecular formula is C44H47N5O12. The second kappa shape index (κ2) is 19.4. The molecule has 1 atom stereocenters. The lowest BCUT2D eigenvalue weighted by Gasteiger charge is -2.27. The summed E-state index contributed by atoms with van der Waals surface area (Å²) in [5, 5.41) is 3.94. The number of hydrogen-bond donors (Lipinski definition) is 1. The van der Waals surface area contributed by atoms with Gasteiger partial charge in [-0.15, -0.1) is 0 Å². The molecule has 61 heavy (non-hydrogen) atoms. The number of nitrogens with one attached hydrogen (secondary N) is 1. The molecule has 3 aromatic heterocycles. The van der Waals surface area contributed by atoms with Crippen LogP contribution in [0.25, 0.3) is 32.9 Å². The van der Waals surface area contributed by atoms with Crippen molar-refractivity contribution in [3.63, 3.8) is 0 Å². The van der Waals surface area contributed by atoms with Gasteiger partial charge in [0.25, 0.3) is 11.8 Å². The predicted octanol–water partition coefficient (Wildman–Crippen LogP) is 4.96. The van der Waals surface area contributed by atoms with Crippen LogP contribution in [-0.4, -0.2) is 127 Å². The van der Waals surface area contributed by atoms with Crippen LogP contribution in [0.4, 0.5) is 4.79 Å². The van der Waals surface area contributed by atoms with Gasteiger partial charge in [0.2, 0.25) is 17.7 Å². The third-order valence-electron chi connectivity index (χ3n) is 9.71. The lowest BCUT2D eigenvalue weighted by atomic mass is 10.0. The normalized spacial score (nSPS) is 15.4. The highest BCUT2D eigenvalue weighted by Crippen LogP contribution is 2.33. The van der Waals surface area contributed by atoms with E-state index in [4.69, 9.17) is 33.2 Å². The van der Waals surface area contributed by atoms with Gasteiger partial charge in [0.15, 0.2) is 0 Å². The van der Waals surface area contributed by atoms with Crippen LogP contribution in [0.5, 0.6) is 11.6 Å². The highest BCUT2D eigenvalue weighted by Gasteiger charge is 2.44. The zero-order valence-electron chi connectivity index (χ0n) is 34.2. The van der Waals surface area contributed by atoms with Gasteiger partial charge in [-0.1, -0.05) is 12.1 Å². The number of fused-ring (bicyclic) bond motifs is 4. The van der Waals surface area contributed by atoms with E-state index in [0.29, 0.717) is 64.5 Å². The summed E-state index contributed by atoms with van der Waals surface area (Å²) in [6, 6.07) is 15.0. The molecule has 5 heterocycles. The summed E-state index contributed by atoms with van der Waals surface area (Å²) in [5.74, 6) is -1.40. The first kappa shape index (κ1) is 42.8. The van der Waals surface area contributed by atoms with Crippen LogP contribution < -0.4 is 14.8 Å². The van der Waals surface area contributed by atoms with Gasteiger partial charge in [0, 0.05) is 47.4 Å². The quantitative estimate of drug-likeness (QED) is 0.0866. The van der Waals surface area contributed by atoms with Crippen LogP contribution in [0.1, 0.15) is 54.3 Å². The third kappa shape index (κ3) is 10.4. The average molecular weight is 838 g/mol. The van der Waals surface area contributed by atoms with Gasteiger partial charge in [0.1, 0.15) is 30.6 Å². The van der Waals surface area contributed by atoms with Gasteiger partial charge in [-0.2, -0.15) is 0 Å². The molecule has 5 aromatic rings. The summed E-state index contributed by atoms with van der Waals surface area (Å²) in [6.07, 6.45) is 4.83. The number of pyridine rings is 2. The van der Waals surface area contributed by atoms with Gasteiger partial charge in [0.05, 0.1) is 75.0 Å². The van der Waals surface area contributed by atoms with Crippen molar-refractivity contribution in [1.29, 1.82) is 0 Å². The SMILES string of the molecule is CC(C)(C)OC(=O)n1c2ccncc2c2ccc(-c3ccc(OCCOCCOCCOCCOCCOc4ccc5c(c4)C(=O)N(C4CCC(=O)NC4=O)C5=O)nc3)cc21. The number of carbonyl (C=O) groups excluding carboxylic acids is 5. The molecule has 0 saturated carbocycles. The molecule has 2 aliphatic heterocycles. The van der Waals surface area contributed by atoms with Crippen molar-refractivity contribution in [2.75, 3.05) is 66.1 Å². The van der Waals surface area contributed by atoms with Crippen LogP contribution >= 0.6 is 0 Å². The van der Waals surface area contributed by atoms with Crippen molar-refractivity contribution in [2.24, 2.45) is 0 Å². The molecule has 1 unspecified atom stereocenters. The number of benzene rings is 2. The molecule has 0 aliphatic carbocycles. The molecule has 320 valence electrons. The predicted molar refractivity (Wildman–Crippen MR) is 219 cm³/mol. The van der Waals surface area contributed by atoms with E-state index in [-0.39, 0.29) is 37.2 Å². The Labute approximate surface area is 351 Å². The number of aromatic nitrogens is 3. The second-order valence-electron chi connectivity index (χ2n) is 15.1. The first-order valence-electron chi connectivity index (χ1n) is 20.0. The minimum Gasteiger partial charge on any atom is -0.491 e. The van der Waals surface area contributed by atoms with E-state index >= 15 is 0 Å². The van der Waals surface area contributed by atoms with Crippen LogP contribution in [0.2, 0.25) is 0 Å². The smallest absolute Gasteiger partial charge is 0.419 e. The lowest BCUT2D eigenvalue weighted by molar-refractivity contribution is -0.136. The molecular weight excluding hydrogens is 791 g/mol. The van der Waals surface area contributed by atoms with Crippen molar-refractivity contribution in [3.8, 4) is 22.8 Å². The molecule has 0 bridgehead atoms. The first-order valence-corrected chi connectivity index (χ1v) is 20.0. The van der Waals surface area contributed by atoms with Crippen molar-refractivity contribution in [3.05, 3.63) is 84.3 Å². The summed E-state index contributed by atoms with van der Waals surface area (Å²) < 4.78 is 41.0. The van der Waals surface area contributed by atoms with Crippen LogP contribution in [0.3, 0.4) is 0 Å². The molecule has 4 amide bonds. The number of ether oxygens (including phenoxy) is 7. The van der Waals surface area contributed by atoms with Gasteiger partial charge in [-0.3, -0.25) is 34.4 Å². The van der Waals surface area contributed by atoms with Gasteiger partial charge >= 0.3 is 6.09 Å². The Morgan fingerprint density at radius 3 is 2.02 bits per heavy atom. The summed E-state index contributed by atoms with van der Waals surface area (Å²) in [5.41, 5.74) is 2.87. The van der Waals surface area contributed by atoms with E-state index in [1.807, 2.05) is 51.1 Å². The number of hydrogen-bond acceptors (Lipinski definition) is 14. The summed E-state index contributed by atoms with van der Waals surface area (Å²) in [7, 11) is 0. The van der Waals surface area contributed by atoms with Crippen molar-refractivity contribution in [1.82, 2.24) is 24.8 Å². The Morgan fingerprint density at radius 2 is 1.36 bits per heavy atom. The number of rotatable bonds is 19. The van der Waals surface area contributed by atoms with Crippen molar-refractivity contribution >= 4 is 51.5 Å². The van der Waals surface area contributed by atoms with Crippen LogP contribution in [0.15, 0.2) is 73.2 Å². The van der Waals surface area contributed by atoms with Gasteiger partial charge in [-0.25, -0.2) is 14.3 Å². The highest BCUT2D eigenvalue weighted by atomic mass is 16.6. The molecule has 1 fully saturated rings. The molecule has 7 rings (SSSR count). The van der Waals surface area contributed by atoms with E-state index in [0.717, 1.165) is 37.8 Å². The first-order chi connectivity index (χ1) is 29.5. The fourth-order valence-electron chi connectivity index (χ4n) is 6.91. The summed E-state index contributed by atoms with van der Waals surface area (Å²) in [6.45, 7) is 8.96. The van der Waals surface area contributed by atoms with E-state index < -0.39 is 41.4 Å². The number of nitrogens with zero attached hydrogens (tertiary/aromatic N) is 4. The number of piperidine rings is 1. The van der Waals surface area contributed by atoms with Crippen molar-refractivity contribution < 1.29 is 57.1 Å². The largest absolute Gasteiger partial charge is 0.491 e. The fourth-order valence-corrected chi connectivity index (χ4v) is 6.91. The van der Waals surface area contributed by atoms with Gasteiger partial charge < -0.3 is 33.2 Å². The molecule has 1 saturated heterocycles. The monoisotopic (exact) mass is 837 g/mol. The molecule has 0 spiro atoms. The number of amides is 4. The van der Waals surface area contributed by atoms with E-state index in [1.165, 1.54) is 12.1 Å². The standard InChI is InChI=1S/C44H47N5O12/c1-44(2,3)61-43(54)48-35-12-13-45-27-34(35)31-7-4-28(24-37(31)48)29-5-11-39(46-26-29)60-23-21-58-19-17-56-15-14-55-16-18-57-20-22-59-30-6-8-32-33(25-30)42(53)49(41(32)52)36-9-10-38(50)47-40(36)51/h4-8,11-13,24-27,36H,9-10,14-23H2,1-3H3,(H,47,50,51). The molecule has 1 N–H and O–H groups in total. The Morgan fingerprint density at radius 1 is 0.705 bits per heavy atom. The second-order valence-corrected chi connectivity index (χ2v) is 15.1. The maximum absolute atomic E-state index is 13.3. The van der Waals surface area contributed by atoms with Crippen molar-refractivity contribution in [2.45, 2.75) is 45.3 Å². The van der Waals surface area contributed by atoms with E-state index in [2.05, 4.69) is 15.3 Å². The summed E-state index contributed by atoms with van der Waals surface area (Å²) >= 11 is 0. The topological polar surface area (TPSA) is 196 Å². The molecule has 2 aromatic carbocycles. The summed E-state index contributed by atoms with van der Waals surface area (Å²) in [4.78, 5) is 72.4. The third-order valence-corrected chi connectivity index (χ3v) is 9.71. The van der Waals surface area contributed by atoms with Gasteiger partial charge in [-0.05, 0) is 69.2 Å². The minimum absolute atomic E-state index is 0.0545. The Kier molecular flexibility index (Phi) is 13.6. The Hall–Kier alpha value is -6.27. The minimum atomic E-state index is -1.02. The average Bonchev–Trinajstić information content (AvgIpc) is 3.70. The molecule has 17 nitrogen and oxygen atoms in total. The number of carbonyl (C=O) groups is 5. The fraction of sp³-hybridized carbons (Fsp3) is 0.386. The molecule has 17 heteroatoms. The Balaban J connectivity index is 0.723. The van der Waals surface area contributed by atoms with Crippen LogP contribution in [-0.2, 0) is 33.3 Å². The zero-order chi connectivity index (χ0) is 42.9. The number of imide groups is 2.